The van der Waals surface area contributed by atoms with E-state index in [1.807, 2.05) is 62.4 Å². The maximum Gasteiger partial charge on any atom is 0.310 e. The monoisotopic (exact) mass is 503 g/mol. The van der Waals surface area contributed by atoms with Gasteiger partial charge < -0.3 is 15.4 Å². The summed E-state index contributed by atoms with van der Waals surface area (Å²) in [6.07, 6.45) is 1.16. The van der Waals surface area contributed by atoms with Crippen LogP contribution in [-0.4, -0.2) is 35.3 Å². The van der Waals surface area contributed by atoms with Gasteiger partial charge in [0, 0.05) is 11.1 Å². The number of benzodiazepines with no additional fused rings is 1. The Morgan fingerprint density at radius 1 is 1.08 bits per heavy atom. The molecule has 1 heterocycles. The standard InChI is InChI=1S/C30H37N3O4/c1-7-13-21(29(36)37-30(4,5)6)23(18-19(2)3)27(34)33-26-28(35)31-24-17-12-11-16-22(24)25(32-26)20-14-9-8-10-15-20/h7-12,14-17,19,21,23,26H,1,13,18H2,2-6H3,(H,31,35)(H,33,34)/t21-,23+,26?/m0/s1. The number of hydrogen-bond acceptors (Lipinski definition) is 5. The third-order valence-corrected chi connectivity index (χ3v) is 5.95. The summed E-state index contributed by atoms with van der Waals surface area (Å²) in [5, 5.41) is 5.71. The van der Waals surface area contributed by atoms with Crippen molar-refractivity contribution < 1.29 is 19.1 Å². The molecule has 7 nitrogen and oxygen atoms in total. The topological polar surface area (TPSA) is 96.9 Å². The van der Waals surface area contributed by atoms with Gasteiger partial charge in [-0.15, -0.1) is 6.58 Å². The van der Waals surface area contributed by atoms with E-state index < -0.39 is 41.4 Å². The second-order valence-corrected chi connectivity index (χ2v) is 10.7. The van der Waals surface area contributed by atoms with Crippen molar-refractivity contribution in [1.29, 1.82) is 0 Å². The fourth-order valence-electron chi connectivity index (χ4n) is 4.37. The number of aliphatic imine (C=N–C) groups is 1. The van der Waals surface area contributed by atoms with E-state index in [1.54, 1.807) is 32.9 Å². The van der Waals surface area contributed by atoms with Crippen LogP contribution in [0.1, 0.15) is 58.6 Å². The minimum Gasteiger partial charge on any atom is -0.460 e. The smallest absolute Gasteiger partial charge is 0.310 e. The summed E-state index contributed by atoms with van der Waals surface area (Å²) in [5.41, 5.74) is 2.09. The molecular weight excluding hydrogens is 466 g/mol. The van der Waals surface area contributed by atoms with E-state index in [0.717, 1.165) is 11.1 Å². The van der Waals surface area contributed by atoms with E-state index in [0.29, 0.717) is 17.8 Å². The number of nitrogens with one attached hydrogen (secondary N) is 2. The molecule has 2 aromatic carbocycles. The average Bonchev–Trinajstić information content (AvgIpc) is 2.96. The van der Waals surface area contributed by atoms with Gasteiger partial charge in [-0.05, 0) is 45.6 Å². The van der Waals surface area contributed by atoms with Gasteiger partial charge in [0.2, 0.25) is 12.1 Å². The van der Waals surface area contributed by atoms with Crippen molar-refractivity contribution in [3.8, 4) is 0 Å². The third kappa shape index (κ3) is 7.38. The van der Waals surface area contributed by atoms with Crippen molar-refractivity contribution in [3.05, 3.63) is 78.4 Å². The number of carbonyl (C=O) groups is 3. The number of fused-ring (bicyclic) bond motifs is 1. The zero-order valence-corrected chi connectivity index (χ0v) is 22.3. The molecule has 2 amide bonds. The number of ether oxygens (including phenoxy) is 1. The normalized spacial score (nSPS) is 17.0. The number of benzene rings is 2. The highest BCUT2D eigenvalue weighted by Gasteiger charge is 2.38. The van der Waals surface area contributed by atoms with E-state index in [9.17, 15) is 14.4 Å². The van der Waals surface area contributed by atoms with Crippen LogP contribution in [0.3, 0.4) is 0 Å². The Morgan fingerprint density at radius 2 is 1.73 bits per heavy atom. The Morgan fingerprint density at radius 3 is 2.35 bits per heavy atom. The van der Waals surface area contributed by atoms with Gasteiger partial charge >= 0.3 is 5.97 Å². The molecule has 0 saturated carbocycles. The summed E-state index contributed by atoms with van der Waals surface area (Å²) in [6.45, 7) is 13.1. The number of amides is 2. The SMILES string of the molecule is C=CC[C@H](C(=O)OC(C)(C)C)[C@@H](CC(C)C)C(=O)NC1N=C(c2ccccc2)c2ccccc2NC1=O. The lowest BCUT2D eigenvalue weighted by molar-refractivity contribution is -0.164. The van der Waals surface area contributed by atoms with Gasteiger partial charge in [-0.1, -0.05) is 68.5 Å². The lowest BCUT2D eigenvalue weighted by atomic mass is 9.82. The van der Waals surface area contributed by atoms with E-state index in [4.69, 9.17) is 9.73 Å². The Kier molecular flexibility index (Phi) is 9.03. The molecule has 0 spiro atoms. The molecule has 7 heteroatoms. The zero-order chi connectivity index (χ0) is 27.2. The highest BCUT2D eigenvalue weighted by molar-refractivity contribution is 6.19. The van der Waals surface area contributed by atoms with Crippen molar-refractivity contribution in [2.75, 3.05) is 5.32 Å². The molecule has 37 heavy (non-hydrogen) atoms. The highest BCUT2D eigenvalue weighted by atomic mass is 16.6. The van der Waals surface area contributed by atoms with Crippen LogP contribution < -0.4 is 10.6 Å². The largest absolute Gasteiger partial charge is 0.460 e. The molecule has 1 aliphatic rings. The number of hydrogen-bond donors (Lipinski definition) is 2. The summed E-state index contributed by atoms with van der Waals surface area (Å²) in [5.74, 6) is -2.66. The highest BCUT2D eigenvalue weighted by Crippen LogP contribution is 2.29. The molecule has 1 unspecified atom stereocenters. The summed E-state index contributed by atoms with van der Waals surface area (Å²) in [7, 11) is 0. The predicted octanol–water partition coefficient (Wildman–Crippen LogP) is 5.11. The Hall–Kier alpha value is -3.74. The Labute approximate surface area is 219 Å². The van der Waals surface area contributed by atoms with Crippen molar-refractivity contribution in [1.82, 2.24) is 5.32 Å². The van der Waals surface area contributed by atoms with Crippen LogP contribution in [0.5, 0.6) is 0 Å². The van der Waals surface area contributed by atoms with Gasteiger partial charge in [-0.3, -0.25) is 14.4 Å². The van der Waals surface area contributed by atoms with Crippen LogP contribution in [0.4, 0.5) is 5.69 Å². The minimum absolute atomic E-state index is 0.126. The molecule has 0 saturated heterocycles. The molecule has 1 aliphatic heterocycles. The van der Waals surface area contributed by atoms with Gasteiger partial charge in [0.05, 0.1) is 23.2 Å². The minimum atomic E-state index is -1.17. The van der Waals surface area contributed by atoms with Crippen LogP contribution >= 0.6 is 0 Å². The van der Waals surface area contributed by atoms with Crippen molar-refractivity contribution in [2.45, 2.75) is 59.2 Å². The number of para-hydroxylation sites is 1. The molecule has 0 aromatic heterocycles. The second kappa shape index (κ2) is 12.0. The summed E-state index contributed by atoms with van der Waals surface area (Å²) >= 11 is 0. The van der Waals surface area contributed by atoms with Gasteiger partial charge in [0.25, 0.3) is 5.91 Å². The van der Waals surface area contributed by atoms with E-state index in [1.165, 1.54) is 0 Å². The lowest BCUT2D eigenvalue weighted by Gasteiger charge is -2.29. The number of allylic oxidation sites excluding steroid dienone is 1. The van der Waals surface area contributed by atoms with Gasteiger partial charge in [-0.25, -0.2) is 4.99 Å². The Bertz CT molecular complexity index is 1160. The molecule has 3 atom stereocenters. The Balaban J connectivity index is 1.97. The summed E-state index contributed by atoms with van der Waals surface area (Å²) in [4.78, 5) is 44.7. The number of rotatable bonds is 9. The van der Waals surface area contributed by atoms with E-state index in [2.05, 4.69) is 17.2 Å². The van der Waals surface area contributed by atoms with Crippen LogP contribution in [-0.2, 0) is 19.1 Å². The van der Waals surface area contributed by atoms with Gasteiger partial charge in [0.15, 0.2) is 0 Å². The maximum absolute atomic E-state index is 13.7. The number of esters is 1. The van der Waals surface area contributed by atoms with Crippen LogP contribution in [0.15, 0.2) is 72.2 Å². The first kappa shape index (κ1) is 27.8. The summed E-state index contributed by atoms with van der Waals surface area (Å²) < 4.78 is 5.64. The average molecular weight is 504 g/mol. The molecule has 2 N–H and O–H groups in total. The van der Waals surface area contributed by atoms with Crippen molar-refractivity contribution >= 4 is 29.2 Å². The zero-order valence-electron chi connectivity index (χ0n) is 22.3. The van der Waals surface area contributed by atoms with Crippen LogP contribution in [0, 0.1) is 17.8 Å². The quantitative estimate of drug-likeness (QED) is 0.367. The molecule has 3 rings (SSSR count). The first-order chi connectivity index (χ1) is 17.5. The molecular formula is C30H37N3O4. The molecule has 2 aromatic rings. The number of anilines is 1. The molecule has 0 aliphatic carbocycles. The van der Waals surface area contributed by atoms with Crippen molar-refractivity contribution in [3.63, 3.8) is 0 Å². The fraction of sp³-hybridized carbons (Fsp3) is 0.400. The van der Waals surface area contributed by atoms with E-state index >= 15 is 0 Å². The molecule has 0 radical (unpaired) electrons. The fourth-order valence-corrected chi connectivity index (χ4v) is 4.37. The molecule has 0 fully saturated rings. The van der Waals surface area contributed by atoms with Gasteiger partial charge in [-0.2, -0.15) is 0 Å². The summed E-state index contributed by atoms with van der Waals surface area (Å²) in [6, 6.07) is 16.9. The van der Waals surface area contributed by atoms with E-state index in [-0.39, 0.29) is 12.3 Å². The maximum atomic E-state index is 13.7. The second-order valence-electron chi connectivity index (χ2n) is 10.7. The van der Waals surface area contributed by atoms with Crippen molar-refractivity contribution in [2.24, 2.45) is 22.7 Å². The third-order valence-electron chi connectivity index (χ3n) is 5.95. The van der Waals surface area contributed by atoms with Crippen LogP contribution in [0.25, 0.3) is 0 Å². The lowest BCUT2D eigenvalue weighted by Crippen LogP contribution is -2.48. The van der Waals surface area contributed by atoms with Crippen LogP contribution in [0.2, 0.25) is 0 Å². The predicted molar refractivity (Wildman–Crippen MR) is 146 cm³/mol. The first-order valence-corrected chi connectivity index (χ1v) is 12.7. The molecule has 0 bridgehead atoms. The number of carbonyl (C=O) groups excluding carboxylic acids is 3. The van der Waals surface area contributed by atoms with Gasteiger partial charge in [0.1, 0.15) is 5.60 Å². The first-order valence-electron chi connectivity index (χ1n) is 12.7. The number of nitrogens with zero attached hydrogens (tertiary/aromatic N) is 1. The molecule has 196 valence electrons.